The van der Waals surface area contributed by atoms with Crippen LogP contribution in [0.25, 0.3) is 0 Å². The normalized spacial score (nSPS) is 9.65. The van der Waals surface area contributed by atoms with Crippen molar-refractivity contribution < 1.29 is 24.2 Å². The molecule has 0 spiro atoms. The van der Waals surface area contributed by atoms with E-state index in [2.05, 4.69) is 10.6 Å². The predicted molar refractivity (Wildman–Crippen MR) is 71.9 cm³/mol. The van der Waals surface area contributed by atoms with Crippen molar-refractivity contribution in [2.75, 3.05) is 20.4 Å². The van der Waals surface area contributed by atoms with Crippen LogP contribution in [0.5, 0.6) is 11.5 Å². The number of para-hydroxylation sites is 2. The van der Waals surface area contributed by atoms with E-state index < -0.39 is 12.0 Å². The van der Waals surface area contributed by atoms with Crippen LogP contribution in [0.2, 0.25) is 0 Å². The average molecular weight is 282 g/mol. The minimum absolute atomic E-state index is 0.00879. The molecule has 7 nitrogen and oxygen atoms in total. The summed E-state index contributed by atoms with van der Waals surface area (Å²) in [5.74, 6) is 0.226. The highest BCUT2D eigenvalue weighted by atomic mass is 16.5. The van der Waals surface area contributed by atoms with Gasteiger partial charge in [-0.05, 0) is 18.6 Å². The van der Waals surface area contributed by atoms with Crippen molar-refractivity contribution in [2.24, 2.45) is 0 Å². The molecule has 3 N–H and O–H groups in total. The minimum atomic E-state index is -0.883. The summed E-state index contributed by atoms with van der Waals surface area (Å²) in [5, 5.41) is 13.5. The molecule has 0 saturated heterocycles. The third-order valence-corrected chi connectivity index (χ3v) is 2.38. The lowest BCUT2D eigenvalue weighted by Crippen LogP contribution is -2.38. The number of nitrogens with one attached hydrogen (secondary N) is 2. The van der Waals surface area contributed by atoms with Gasteiger partial charge in [-0.15, -0.1) is 0 Å². The third kappa shape index (κ3) is 5.94. The Morgan fingerprint density at radius 3 is 2.55 bits per heavy atom. The van der Waals surface area contributed by atoms with Gasteiger partial charge in [0.1, 0.15) is 0 Å². The molecule has 0 aromatic heterocycles. The lowest BCUT2D eigenvalue weighted by molar-refractivity contribution is -0.137. The monoisotopic (exact) mass is 282 g/mol. The number of carboxylic acid groups (broad SMARTS) is 1. The Labute approximate surface area is 116 Å². The number of hydrogen-bond acceptors (Lipinski definition) is 4. The summed E-state index contributed by atoms with van der Waals surface area (Å²) in [7, 11) is 1.53. The summed E-state index contributed by atoms with van der Waals surface area (Å²) in [4.78, 5) is 21.6. The van der Waals surface area contributed by atoms with Crippen LogP contribution in [-0.2, 0) is 4.79 Å². The Kier molecular flexibility index (Phi) is 6.74. The van der Waals surface area contributed by atoms with Crippen molar-refractivity contribution in [1.29, 1.82) is 0 Å². The van der Waals surface area contributed by atoms with Crippen LogP contribution < -0.4 is 20.1 Å². The first-order valence-electron chi connectivity index (χ1n) is 6.13. The molecule has 0 fully saturated rings. The van der Waals surface area contributed by atoms with E-state index in [1.807, 2.05) is 6.07 Å². The predicted octanol–water partition coefficient (Wildman–Crippen LogP) is 1.20. The van der Waals surface area contributed by atoms with Gasteiger partial charge < -0.3 is 25.2 Å². The second kappa shape index (κ2) is 8.63. The van der Waals surface area contributed by atoms with Crippen LogP contribution in [0.4, 0.5) is 4.79 Å². The first kappa shape index (κ1) is 15.6. The number of carbonyl (C=O) groups is 2. The molecule has 1 aromatic rings. The topological polar surface area (TPSA) is 96.9 Å². The molecule has 0 aliphatic heterocycles. The summed E-state index contributed by atoms with van der Waals surface area (Å²) in [5.41, 5.74) is 0. The molecular weight excluding hydrogens is 264 g/mol. The number of hydrogen-bond donors (Lipinski definition) is 3. The number of aliphatic carboxylic acids is 1. The second-order valence-corrected chi connectivity index (χ2v) is 3.87. The van der Waals surface area contributed by atoms with E-state index in [4.69, 9.17) is 14.6 Å². The molecule has 20 heavy (non-hydrogen) atoms. The van der Waals surface area contributed by atoms with Crippen LogP contribution >= 0.6 is 0 Å². The molecule has 0 unspecified atom stereocenters. The zero-order valence-corrected chi connectivity index (χ0v) is 11.2. The largest absolute Gasteiger partial charge is 0.493 e. The van der Waals surface area contributed by atoms with Crippen molar-refractivity contribution in [1.82, 2.24) is 10.6 Å². The van der Waals surface area contributed by atoms with Gasteiger partial charge in [0, 0.05) is 13.0 Å². The van der Waals surface area contributed by atoms with Crippen molar-refractivity contribution in [2.45, 2.75) is 12.8 Å². The zero-order chi connectivity index (χ0) is 14.8. The number of amides is 2. The smallest absolute Gasteiger partial charge is 0.317 e. The van der Waals surface area contributed by atoms with Crippen molar-refractivity contribution >= 4 is 12.0 Å². The summed E-state index contributed by atoms with van der Waals surface area (Å²) in [6.07, 6.45) is 0.411. The van der Waals surface area contributed by atoms with Gasteiger partial charge in [0.25, 0.3) is 0 Å². The van der Waals surface area contributed by atoms with Gasteiger partial charge in [0.05, 0.1) is 7.11 Å². The maximum Gasteiger partial charge on any atom is 0.317 e. The van der Waals surface area contributed by atoms with Gasteiger partial charge in [-0.2, -0.15) is 0 Å². The molecule has 0 atom stereocenters. The van der Waals surface area contributed by atoms with Gasteiger partial charge in [-0.25, -0.2) is 4.79 Å². The summed E-state index contributed by atoms with van der Waals surface area (Å²) in [6.45, 7) is 0.290. The van der Waals surface area contributed by atoms with Gasteiger partial charge in [0.15, 0.2) is 18.2 Å². The quantitative estimate of drug-likeness (QED) is 0.491. The first-order valence-corrected chi connectivity index (χ1v) is 6.13. The Hall–Kier alpha value is -2.44. The summed E-state index contributed by atoms with van der Waals surface area (Å²) < 4.78 is 10.4. The number of benzene rings is 1. The van der Waals surface area contributed by atoms with E-state index in [-0.39, 0.29) is 13.2 Å². The van der Waals surface area contributed by atoms with E-state index in [1.165, 1.54) is 7.11 Å². The fraction of sp³-hybridized carbons (Fsp3) is 0.385. The van der Waals surface area contributed by atoms with Crippen LogP contribution in [-0.4, -0.2) is 37.5 Å². The molecule has 7 heteroatoms. The van der Waals surface area contributed by atoms with Crippen LogP contribution in [0.15, 0.2) is 24.3 Å². The summed E-state index contributed by atoms with van der Waals surface area (Å²) in [6, 6.07) is 6.68. The van der Waals surface area contributed by atoms with Crippen molar-refractivity contribution in [3.63, 3.8) is 0 Å². The maximum absolute atomic E-state index is 11.4. The number of rotatable bonds is 8. The third-order valence-electron chi connectivity index (χ3n) is 2.38. The Morgan fingerprint density at radius 2 is 1.90 bits per heavy atom. The van der Waals surface area contributed by atoms with Crippen molar-refractivity contribution in [3.05, 3.63) is 24.3 Å². The molecule has 1 rings (SSSR count). The minimum Gasteiger partial charge on any atom is -0.493 e. The average Bonchev–Trinajstić information content (AvgIpc) is 2.44. The zero-order valence-electron chi connectivity index (χ0n) is 11.2. The fourth-order valence-corrected chi connectivity index (χ4v) is 1.42. The van der Waals surface area contributed by atoms with Gasteiger partial charge in [-0.1, -0.05) is 12.1 Å². The Morgan fingerprint density at radius 1 is 1.20 bits per heavy atom. The Balaban J connectivity index is 2.20. The molecule has 1 aromatic carbocycles. The maximum atomic E-state index is 11.4. The molecule has 0 aliphatic carbocycles. The van der Waals surface area contributed by atoms with E-state index in [9.17, 15) is 9.59 Å². The number of methoxy groups -OCH3 is 1. The van der Waals surface area contributed by atoms with Crippen LogP contribution in [0.3, 0.4) is 0 Å². The van der Waals surface area contributed by atoms with Crippen LogP contribution in [0.1, 0.15) is 12.8 Å². The highest BCUT2D eigenvalue weighted by Crippen LogP contribution is 2.25. The SMILES string of the molecule is COc1ccccc1OCNC(=O)NCCCC(=O)O. The van der Waals surface area contributed by atoms with E-state index in [1.54, 1.807) is 18.2 Å². The van der Waals surface area contributed by atoms with E-state index in [0.29, 0.717) is 24.5 Å². The van der Waals surface area contributed by atoms with Crippen LogP contribution in [0, 0.1) is 0 Å². The lowest BCUT2D eigenvalue weighted by Gasteiger charge is -2.11. The number of carboxylic acids is 1. The Bertz CT molecular complexity index is 450. The van der Waals surface area contributed by atoms with E-state index >= 15 is 0 Å². The molecule has 2 amide bonds. The summed E-state index contributed by atoms with van der Waals surface area (Å²) >= 11 is 0. The van der Waals surface area contributed by atoms with Gasteiger partial charge in [-0.3, -0.25) is 4.79 Å². The number of urea groups is 1. The number of ether oxygens (including phenoxy) is 2. The molecule has 0 radical (unpaired) electrons. The van der Waals surface area contributed by atoms with E-state index in [0.717, 1.165) is 0 Å². The van der Waals surface area contributed by atoms with Gasteiger partial charge >= 0.3 is 12.0 Å². The molecule has 0 saturated carbocycles. The number of carbonyl (C=O) groups excluding carboxylic acids is 1. The second-order valence-electron chi connectivity index (χ2n) is 3.87. The first-order chi connectivity index (χ1) is 9.63. The highest BCUT2D eigenvalue weighted by Gasteiger charge is 2.04. The van der Waals surface area contributed by atoms with Crippen molar-refractivity contribution in [3.8, 4) is 11.5 Å². The molecular formula is C13H18N2O5. The fourth-order valence-electron chi connectivity index (χ4n) is 1.42. The molecule has 0 aliphatic rings. The van der Waals surface area contributed by atoms with Gasteiger partial charge in [0.2, 0.25) is 0 Å². The molecule has 0 heterocycles. The highest BCUT2D eigenvalue weighted by molar-refractivity contribution is 5.73. The standard InChI is InChI=1S/C13H18N2O5/c1-19-10-5-2-3-6-11(10)20-9-15-13(18)14-8-4-7-12(16)17/h2-3,5-6H,4,7-9H2,1H3,(H,16,17)(H2,14,15,18). The lowest BCUT2D eigenvalue weighted by atomic mass is 10.3. The molecule has 0 bridgehead atoms. The molecule has 110 valence electrons.